The van der Waals surface area contributed by atoms with Crippen LogP contribution in [0.2, 0.25) is 0 Å². The molecule has 0 aliphatic rings. The molecule has 0 unspecified atom stereocenters. The maximum absolute atomic E-state index is 12.2. The van der Waals surface area contributed by atoms with Crippen LogP contribution in [0.1, 0.15) is 11.1 Å². The summed E-state index contributed by atoms with van der Waals surface area (Å²) in [7, 11) is -19.2. The number of aryl methyl sites for hydroxylation is 2. The Bertz CT molecular complexity index is 3280. The number of azo groups is 2. The van der Waals surface area contributed by atoms with E-state index in [2.05, 4.69) is 31.1 Å². The van der Waals surface area contributed by atoms with E-state index in [9.17, 15) is 51.9 Å². The summed E-state index contributed by atoms with van der Waals surface area (Å²) in [6.45, 7) is 3.53. The fraction of sp³-hybridized carbons (Fsp3) is 0.0500. The lowest BCUT2D eigenvalue weighted by Gasteiger charge is -2.12. The van der Waals surface area contributed by atoms with Crippen LogP contribution in [0.15, 0.2) is 161 Å². The molecule has 0 aliphatic heterocycles. The van der Waals surface area contributed by atoms with Crippen molar-refractivity contribution in [3.63, 3.8) is 0 Å². The minimum Gasteiger partial charge on any atom is -0.355 e. The first kappa shape index (κ1) is 43.6. The van der Waals surface area contributed by atoms with Crippen molar-refractivity contribution >= 4 is 108 Å². The minimum absolute atomic E-state index is 0.0987. The molecule has 0 saturated heterocycles. The van der Waals surface area contributed by atoms with E-state index in [-0.39, 0.29) is 32.9 Å². The van der Waals surface area contributed by atoms with Gasteiger partial charge < -0.3 is 10.6 Å². The fourth-order valence-electron chi connectivity index (χ4n) is 6.53. The largest absolute Gasteiger partial charge is 0.355 e. The standard InChI is InChI=1S/C40H32N6O12S4/c1-23-16-27(12-14-35(23)45-43-29-19-33-31(39(21-29)61(53,54)55)8-4-10-37(33)59(47,48)49)41-25-6-3-7-26(18-25)42-28-13-15-36(24(2)17-28)46-44-30-20-34-32(40(22-30)62(56,57)58)9-5-11-38(34)60(50,51)52/h3-22,41-42H,1-2H3,(H,47,48,49)(H,50,51,52)(H,53,54,55)(H,56,57,58). The third kappa shape index (κ3) is 9.67. The van der Waals surface area contributed by atoms with E-state index in [0.29, 0.717) is 45.3 Å². The Morgan fingerprint density at radius 1 is 0.371 bits per heavy atom. The van der Waals surface area contributed by atoms with Gasteiger partial charge in [0.2, 0.25) is 0 Å². The average molecular weight is 917 g/mol. The molecule has 0 radical (unpaired) electrons. The van der Waals surface area contributed by atoms with Gasteiger partial charge in [-0.1, -0.05) is 30.3 Å². The molecule has 0 bridgehead atoms. The van der Waals surface area contributed by atoms with E-state index in [1.807, 2.05) is 24.3 Å². The molecule has 22 heteroatoms. The lowest BCUT2D eigenvalue weighted by atomic mass is 10.1. The predicted octanol–water partition coefficient (Wildman–Crippen LogP) is 9.91. The number of anilines is 4. The van der Waals surface area contributed by atoms with Gasteiger partial charge in [-0.2, -0.15) is 54.1 Å². The Morgan fingerprint density at radius 2 is 0.726 bits per heavy atom. The molecule has 0 aliphatic carbocycles. The number of nitrogens with one attached hydrogen (secondary N) is 2. The van der Waals surface area contributed by atoms with Gasteiger partial charge >= 0.3 is 0 Å². The van der Waals surface area contributed by atoms with Crippen LogP contribution < -0.4 is 10.6 Å². The van der Waals surface area contributed by atoms with E-state index in [1.165, 1.54) is 36.4 Å². The highest BCUT2D eigenvalue weighted by Crippen LogP contribution is 2.37. The third-order valence-corrected chi connectivity index (χ3v) is 12.9. The SMILES string of the molecule is Cc1cc(Nc2cccc(Nc3ccc(N=Nc4cc(S(=O)(=O)O)c5cccc(S(=O)(=O)O)c5c4)c(C)c3)c2)ccc1N=Nc1cc(S(=O)(=O)O)c2cccc(S(=O)(=O)O)c2c1. The summed E-state index contributed by atoms with van der Waals surface area (Å²) in [4.78, 5) is -2.37. The molecule has 0 fully saturated rings. The maximum atomic E-state index is 12.2. The molecule has 62 heavy (non-hydrogen) atoms. The number of fused-ring (bicyclic) bond motifs is 2. The molecule has 0 saturated carbocycles. The Labute approximate surface area is 354 Å². The van der Waals surface area contributed by atoms with Crippen molar-refractivity contribution in [3.05, 3.63) is 132 Å². The second-order valence-corrected chi connectivity index (χ2v) is 19.3. The first-order valence-electron chi connectivity index (χ1n) is 17.8. The van der Waals surface area contributed by atoms with Crippen LogP contribution in [0.4, 0.5) is 45.5 Å². The van der Waals surface area contributed by atoms with Crippen LogP contribution >= 0.6 is 0 Å². The van der Waals surface area contributed by atoms with E-state index in [0.717, 1.165) is 24.3 Å². The Kier molecular flexibility index (Phi) is 11.5. The maximum Gasteiger partial charge on any atom is 0.295 e. The second kappa shape index (κ2) is 16.4. The molecule has 0 heterocycles. The summed E-state index contributed by atoms with van der Waals surface area (Å²) in [5.74, 6) is 0. The smallest absolute Gasteiger partial charge is 0.295 e. The van der Waals surface area contributed by atoms with Gasteiger partial charge in [0.25, 0.3) is 40.5 Å². The van der Waals surface area contributed by atoms with Gasteiger partial charge in [0, 0.05) is 44.3 Å². The molecular weight excluding hydrogens is 885 g/mol. The van der Waals surface area contributed by atoms with Gasteiger partial charge in [-0.25, -0.2) is 0 Å². The van der Waals surface area contributed by atoms with Crippen LogP contribution in [0.25, 0.3) is 21.5 Å². The number of hydrogen-bond donors (Lipinski definition) is 6. The van der Waals surface area contributed by atoms with Gasteiger partial charge in [-0.3, -0.25) is 18.2 Å². The van der Waals surface area contributed by atoms with Crippen molar-refractivity contribution in [1.29, 1.82) is 0 Å². The molecule has 7 rings (SSSR count). The monoisotopic (exact) mass is 916 g/mol. The van der Waals surface area contributed by atoms with Crippen LogP contribution in [-0.2, 0) is 40.5 Å². The summed E-state index contributed by atoms with van der Waals surface area (Å²) in [5, 5.41) is 22.6. The summed E-state index contributed by atoms with van der Waals surface area (Å²) in [5.41, 5.74) is 4.72. The highest BCUT2D eigenvalue weighted by Gasteiger charge is 2.23. The highest BCUT2D eigenvalue weighted by atomic mass is 32.2. The molecule has 7 aromatic carbocycles. The predicted molar refractivity (Wildman–Crippen MR) is 231 cm³/mol. The second-order valence-electron chi connectivity index (χ2n) is 13.7. The van der Waals surface area contributed by atoms with Crippen molar-refractivity contribution in [3.8, 4) is 0 Å². The van der Waals surface area contributed by atoms with Gasteiger partial charge in [-0.05, 0) is 116 Å². The third-order valence-electron chi connectivity index (χ3n) is 9.30. The van der Waals surface area contributed by atoms with Crippen LogP contribution in [0.3, 0.4) is 0 Å². The van der Waals surface area contributed by atoms with Gasteiger partial charge in [0.05, 0.1) is 22.7 Å². The number of benzene rings is 7. The number of rotatable bonds is 12. The molecule has 0 atom stereocenters. The lowest BCUT2D eigenvalue weighted by molar-refractivity contribution is 0.481. The zero-order valence-electron chi connectivity index (χ0n) is 32.0. The first-order valence-corrected chi connectivity index (χ1v) is 23.5. The van der Waals surface area contributed by atoms with E-state index in [4.69, 9.17) is 0 Å². The first-order chi connectivity index (χ1) is 29.0. The molecule has 6 N–H and O–H groups in total. The van der Waals surface area contributed by atoms with Crippen molar-refractivity contribution in [2.45, 2.75) is 33.4 Å². The van der Waals surface area contributed by atoms with E-state index >= 15 is 0 Å². The normalized spacial score (nSPS) is 12.7. The van der Waals surface area contributed by atoms with Gasteiger partial charge in [0.1, 0.15) is 19.6 Å². The Hall–Kier alpha value is -6.50. The summed E-state index contributed by atoms with van der Waals surface area (Å²) < 4.78 is 136. The molecule has 0 spiro atoms. The fourth-order valence-corrected chi connectivity index (χ4v) is 9.38. The van der Waals surface area contributed by atoms with E-state index < -0.39 is 60.1 Å². The topological polar surface area (TPSA) is 291 Å². The summed E-state index contributed by atoms with van der Waals surface area (Å²) >= 11 is 0. The lowest BCUT2D eigenvalue weighted by Crippen LogP contribution is -2.03. The van der Waals surface area contributed by atoms with Crippen LogP contribution in [0.5, 0.6) is 0 Å². The van der Waals surface area contributed by atoms with Gasteiger partial charge in [-0.15, -0.1) is 0 Å². The minimum atomic E-state index is -4.83. The van der Waals surface area contributed by atoms with Crippen molar-refractivity contribution in [2.75, 3.05) is 10.6 Å². The molecule has 0 aromatic heterocycles. The van der Waals surface area contributed by atoms with Crippen molar-refractivity contribution in [1.82, 2.24) is 0 Å². The molecule has 0 amide bonds. The summed E-state index contributed by atoms with van der Waals surface area (Å²) in [6.07, 6.45) is 0. The van der Waals surface area contributed by atoms with Gasteiger partial charge in [0.15, 0.2) is 0 Å². The molecule has 18 nitrogen and oxygen atoms in total. The summed E-state index contributed by atoms with van der Waals surface area (Å²) in [6, 6.07) is 29.5. The quantitative estimate of drug-likeness (QED) is 0.0491. The molecule has 7 aromatic rings. The zero-order chi connectivity index (χ0) is 44.8. The molecule has 318 valence electrons. The number of nitrogens with zero attached hydrogens (tertiary/aromatic N) is 4. The Balaban J connectivity index is 1.07. The van der Waals surface area contributed by atoms with E-state index in [1.54, 1.807) is 50.2 Å². The van der Waals surface area contributed by atoms with Crippen molar-refractivity contribution in [2.24, 2.45) is 20.5 Å². The zero-order valence-corrected chi connectivity index (χ0v) is 35.3. The molecular formula is C40H32N6O12S4. The van der Waals surface area contributed by atoms with Crippen LogP contribution in [-0.4, -0.2) is 51.9 Å². The highest BCUT2D eigenvalue weighted by molar-refractivity contribution is 7.87. The number of hydrogen-bond acceptors (Lipinski definition) is 14. The van der Waals surface area contributed by atoms with Crippen molar-refractivity contribution < 1.29 is 51.9 Å². The van der Waals surface area contributed by atoms with Crippen LogP contribution in [0, 0.1) is 13.8 Å². The average Bonchev–Trinajstić information content (AvgIpc) is 3.18. The Morgan fingerprint density at radius 3 is 1.08 bits per heavy atom.